The zero-order valence-electron chi connectivity index (χ0n) is 5.12. The van der Waals surface area contributed by atoms with Crippen LogP contribution in [-0.2, 0) is 5.88 Å². The van der Waals surface area contributed by atoms with Crippen LogP contribution in [0.2, 0.25) is 0 Å². The van der Waals surface area contributed by atoms with Gasteiger partial charge in [-0.05, 0) is 6.07 Å². The molecule has 1 heterocycles. The Balaban J connectivity index is 0.000000810. The van der Waals surface area contributed by atoms with E-state index in [0.29, 0.717) is 11.4 Å². The average Bonchev–Trinajstić information content (AvgIpc) is 1.89. The number of alkyl halides is 1. The molecule has 4 heteroatoms. The molecule has 1 aromatic rings. The van der Waals surface area contributed by atoms with E-state index in [1.807, 2.05) is 0 Å². The third-order valence-corrected chi connectivity index (χ3v) is 1.32. The van der Waals surface area contributed by atoms with Crippen LogP contribution in [0.3, 0.4) is 0 Å². The third kappa shape index (κ3) is 2.05. The molecule has 0 radical (unpaired) electrons. The van der Waals surface area contributed by atoms with Crippen molar-refractivity contribution in [3.8, 4) is 5.75 Å². The summed E-state index contributed by atoms with van der Waals surface area (Å²) in [6, 6.07) is 1.68. The monoisotopic (exact) mass is 179 g/mol. The number of hydrogen-bond acceptors (Lipinski definition) is 2. The minimum absolute atomic E-state index is 0. The third-order valence-electron chi connectivity index (χ3n) is 1.03. The Hall–Kier alpha value is -0.470. The zero-order chi connectivity index (χ0) is 6.69. The lowest BCUT2D eigenvalue weighted by atomic mass is 10.3. The molecule has 0 saturated heterocycles. The predicted octanol–water partition coefficient (Wildman–Crippen LogP) is 1.95. The van der Waals surface area contributed by atoms with Crippen molar-refractivity contribution in [3.63, 3.8) is 0 Å². The first kappa shape index (κ1) is 9.53. The van der Waals surface area contributed by atoms with E-state index >= 15 is 0 Å². The molecule has 0 aliphatic carbocycles. The molecule has 1 rings (SSSR count). The molecule has 2 nitrogen and oxygen atoms in total. The van der Waals surface area contributed by atoms with Gasteiger partial charge < -0.3 is 5.11 Å². The fraction of sp³-hybridized carbons (Fsp3) is 0.167. The number of aromatic nitrogens is 1. The molecular weight excluding hydrogens is 173 g/mol. The van der Waals surface area contributed by atoms with Crippen LogP contribution < -0.4 is 0 Å². The van der Waals surface area contributed by atoms with Gasteiger partial charge >= 0.3 is 0 Å². The Morgan fingerprint density at radius 1 is 1.60 bits per heavy atom. The lowest BCUT2D eigenvalue weighted by Gasteiger charge is -1.95. The second-order valence-corrected chi connectivity index (χ2v) is 1.91. The zero-order valence-corrected chi connectivity index (χ0v) is 6.69. The van der Waals surface area contributed by atoms with Crippen molar-refractivity contribution in [1.82, 2.24) is 4.98 Å². The van der Waals surface area contributed by atoms with Crippen molar-refractivity contribution in [3.05, 3.63) is 24.0 Å². The molecule has 0 fully saturated rings. The molecular formula is C6H7Cl2NO. The Morgan fingerprint density at radius 3 is 2.70 bits per heavy atom. The standard InChI is InChI=1S/C6H6ClNO.ClH/c7-3-5-1-2-8-4-6(5)9;/h1-2,4,9H,3H2;1H. The van der Waals surface area contributed by atoms with Gasteiger partial charge in [0.05, 0.1) is 12.1 Å². The number of rotatable bonds is 1. The summed E-state index contributed by atoms with van der Waals surface area (Å²) in [6.07, 6.45) is 2.97. The molecule has 56 valence electrons. The Kier molecular flexibility index (Phi) is 4.16. The van der Waals surface area contributed by atoms with Gasteiger partial charge in [0.15, 0.2) is 0 Å². The number of nitrogens with zero attached hydrogens (tertiary/aromatic N) is 1. The van der Waals surface area contributed by atoms with Crippen molar-refractivity contribution in [2.24, 2.45) is 0 Å². The van der Waals surface area contributed by atoms with E-state index in [0.717, 1.165) is 0 Å². The number of hydrogen-bond donors (Lipinski definition) is 1. The molecule has 0 atom stereocenters. The van der Waals surface area contributed by atoms with Gasteiger partial charge in [0, 0.05) is 11.8 Å². The van der Waals surface area contributed by atoms with Gasteiger partial charge in [-0.1, -0.05) is 0 Å². The van der Waals surface area contributed by atoms with Crippen molar-refractivity contribution in [2.45, 2.75) is 5.88 Å². The molecule has 0 amide bonds. The smallest absolute Gasteiger partial charge is 0.138 e. The van der Waals surface area contributed by atoms with E-state index in [9.17, 15) is 0 Å². The van der Waals surface area contributed by atoms with Crippen LogP contribution in [-0.4, -0.2) is 10.1 Å². The molecule has 0 aliphatic heterocycles. The molecule has 1 N–H and O–H groups in total. The summed E-state index contributed by atoms with van der Waals surface area (Å²) in [6.45, 7) is 0. The normalized spacial score (nSPS) is 8.50. The van der Waals surface area contributed by atoms with Crippen LogP contribution in [0.1, 0.15) is 5.56 Å². The van der Waals surface area contributed by atoms with Gasteiger partial charge in [0.2, 0.25) is 0 Å². The van der Waals surface area contributed by atoms with Crippen molar-refractivity contribution >= 4 is 24.0 Å². The highest BCUT2D eigenvalue weighted by Gasteiger charge is 1.94. The molecule has 10 heavy (non-hydrogen) atoms. The van der Waals surface area contributed by atoms with Gasteiger partial charge in [0.25, 0.3) is 0 Å². The molecule has 0 spiro atoms. The minimum Gasteiger partial charge on any atom is -0.506 e. The van der Waals surface area contributed by atoms with Gasteiger partial charge in [-0.3, -0.25) is 4.98 Å². The maximum Gasteiger partial charge on any atom is 0.138 e. The second-order valence-electron chi connectivity index (χ2n) is 1.64. The Bertz CT molecular complexity index is 205. The molecule has 0 bridgehead atoms. The second kappa shape index (κ2) is 4.36. The van der Waals surface area contributed by atoms with Gasteiger partial charge in [-0.25, -0.2) is 0 Å². The lowest BCUT2D eigenvalue weighted by Crippen LogP contribution is -1.78. The Morgan fingerprint density at radius 2 is 2.30 bits per heavy atom. The van der Waals surface area contributed by atoms with Gasteiger partial charge in [-0.15, -0.1) is 24.0 Å². The van der Waals surface area contributed by atoms with Crippen LogP contribution in [0.4, 0.5) is 0 Å². The summed E-state index contributed by atoms with van der Waals surface area (Å²) in [5.41, 5.74) is 0.715. The fourth-order valence-corrected chi connectivity index (χ4v) is 0.754. The van der Waals surface area contributed by atoms with Crippen LogP contribution in [0.15, 0.2) is 18.5 Å². The van der Waals surface area contributed by atoms with E-state index in [-0.39, 0.29) is 18.2 Å². The van der Waals surface area contributed by atoms with E-state index in [1.54, 1.807) is 12.3 Å². The highest BCUT2D eigenvalue weighted by atomic mass is 35.5. The first-order chi connectivity index (χ1) is 4.34. The average molecular weight is 180 g/mol. The van der Waals surface area contributed by atoms with E-state index < -0.39 is 0 Å². The summed E-state index contributed by atoms with van der Waals surface area (Å²) in [5, 5.41) is 8.96. The van der Waals surface area contributed by atoms with Crippen molar-refractivity contribution in [1.29, 1.82) is 0 Å². The summed E-state index contributed by atoms with van der Waals surface area (Å²) in [7, 11) is 0. The predicted molar refractivity (Wildman–Crippen MR) is 42.7 cm³/mol. The molecule has 0 aromatic carbocycles. The van der Waals surface area contributed by atoms with E-state index in [2.05, 4.69) is 4.98 Å². The molecule has 0 unspecified atom stereocenters. The largest absolute Gasteiger partial charge is 0.506 e. The number of aromatic hydroxyl groups is 1. The summed E-state index contributed by atoms with van der Waals surface area (Å²) in [5.74, 6) is 0.487. The topological polar surface area (TPSA) is 33.1 Å². The van der Waals surface area contributed by atoms with Crippen molar-refractivity contribution in [2.75, 3.05) is 0 Å². The van der Waals surface area contributed by atoms with Crippen molar-refractivity contribution < 1.29 is 5.11 Å². The fourth-order valence-electron chi connectivity index (χ4n) is 0.528. The first-order valence-electron chi connectivity index (χ1n) is 2.52. The summed E-state index contributed by atoms with van der Waals surface area (Å²) in [4.78, 5) is 3.68. The maximum absolute atomic E-state index is 8.96. The molecule has 0 aliphatic rings. The minimum atomic E-state index is 0. The van der Waals surface area contributed by atoms with Crippen LogP contribution in [0.25, 0.3) is 0 Å². The Labute approximate surface area is 70.3 Å². The van der Waals surface area contributed by atoms with Crippen LogP contribution in [0, 0.1) is 0 Å². The first-order valence-corrected chi connectivity index (χ1v) is 3.06. The lowest BCUT2D eigenvalue weighted by molar-refractivity contribution is 0.468. The summed E-state index contributed by atoms with van der Waals surface area (Å²) < 4.78 is 0. The number of halogens is 2. The quantitative estimate of drug-likeness (QED) is 0.670. The summed E-state index contributed by atoms with van der Waals surface area (Å²) >= 11 is 5.44. The SMILES string of the molecule is Cl.Oc1cnccc1CCl. The van der Waals surface area contributed by atoms with E-state index in [1.165, 1.54) is 6.20 Å². The highest BCUT2D eigenvalue weighted by molar-refractivity contribution is 6.17. The highest BCUT2D eigenvalue weighted by Crippen LogP contribution is 2.15. The molecule has 1 aromatic heterocycles. The number of pyridine rings is 1. The van der Waals surface area contributed by atoms with Gasteiger partial charge in [-0.2, -0.15) is 0 Å². The van der Waals surface area contributed by atoms with Crippen LogP contribution >= 0.6 is 24.0 Å². The van der Waals surface area contributed by atoms with E-state index in [4.69, 9.17) is 16.7 Å². The maximum atomic E-state index is 8.96. The van der Waals surface area contributed by atoms with Gasteiger partial charge in [0.1, 0.15) is 5.75 Å². The molecule has 0 saturated carbocycles. The van der Waals surface area contributed by atoms with Crippen LogP contribution in [0.5, 0.6) is 5.75 Å².